The van der Waals surface area contributed by atoms with Gasteiger partial charge in [0.2, 0.25) is 5.91 Å². The molecule has 1 aromatic rings. The zero-order valence-electron chi connectivity index (χ0n) is 13.7. The van der Waals surface area contributed by atoms with E-state index in [9.17, 15) is 4.79 Å². The smallest absolute Gasteiger partial charge is 0.241 e. The van der Waals surface area contributed by atoms with Crippen molar-refractivity contribution in [3.63, 3.8) is 0 Å². The van der Waals surface area contributed by atoms with E-state index in [4.69, 9.17) is 10.5 Å². The van der Waals surface area contributed by atoms with E-state index >= 15 is 0 Å². The van der Waals surface area contributed by atoms with E-state index in [0.29, 0.717) is 12.7 Å². The lowest BCUT2D eigenvalue weighted by Gasteiger charge is -2.22. The van der Waals surface area contributed by atoms with Crippen LogP contribution >= 0.6 is 0 Å². The molecule has 0 aromatic heterocycles. The van der Waals surface area contributed by atoms with Crippen molar-refractivity contribution in [2.45, 2.75) is 64.7 Å². The molecule has 1 saturated carbocycles. The molecule has 2 rings (SSSR count). The second-order valence-corrected chi connectivity index (χ2v) is 6.53. The molecule has 0 radical (unpaired) electrons. The minimum Gasteiger partial charge on any atom is -0.374 e. The molecular weight excluding hydrogens is 276 g/mol. The summed E-state index contributed by atoms with van der Waals surface area (Å²) in [7, 11) is 0. The standard InChI is InChI=1S/C18H28N2O2/c1-13(2)17(19)18(21)20-15-8-6-7-14(11-15)12-22-16-9-4-3-5-10-16/h6-8,11,13,16-17H,3-5,9-10,12,19H2,1-2H3,(H,20,21)/t17-/m0/s1. The maximum Gasteiger partial charge on any atom is 0.241 e. The molecule has 1 fully saturated rings. The van der Waals surface area contributed by atoms with E-state index in [-0.39, 0.29) is 11.8 Å². The number of rotatable bonds is 6. The molecule has 0 spiro atoms. The summed E-state index contributed by atoms with van der Waals surface area (Å²) in [4.78, 5) is 12.0. The zero-order chi connectivity index (χ0) is 15.9. The van der Waals surface area contributed by atoms with E-state index in [1.54, 1.807) is 0 Å². The number of hydrogen-bond donors (Lipinski definition) is 2. The third-order valence-corrected chi connectivity index (χ3v) is 4.25. The van der Waals surface area contributed by atoms with Gasteiger partial charge in [-0.05, 0) is 36.5 Å². The van der Waals surface area contributed by atoms with Gasteiger partial charge in [0.05, 0.1) is 18.8 Å². The largest absolute Gasteiger partial charge is 0.374 e. The molecule has 4 heteroatoms. The highest BCUT2D eigenvalue weighted by molar-refractivity contribution is 5.94. The van der Waals surface area contributed by atoms with E-state index < -0.39 is 6.04 Å². The molecular formula is C18H28N2O2. The molecule has 0 aliphatic heterocycles. The van der Waals surface area contributed by atoms with Gasteiger partial charge in [-0.1, -0.05) is 45.2 Å². The van der Waals surface area contributed by atoms with Crippen LogP contribution < -0.4 is 11.1 Å². The van der Waals surface area contributed by atoms with Crippen LogP contribution in [-0.2, 0) is 16.1 Å². The molecule has 122 valence electrons. The Morgan fingerprint density at radius 2 is 2.05 bits per heavy atom. The van der Waals surface area contributed by atoms with Crippen LogP contribution in [0.5, 0.6) is 0 Å². The van der Waals surface area contributed by atoms with Crippen molar-refractivity contribution < 1.29 is 9.53 Å². The third kappa shape index (κ3) is 5.11. The average molecular weight is 304 g/mol. The summed E-state index contributed by atoms with van der Waals surface area (Å²) in [6, 6.07) is 7.34. The first-order valence-corrected chi connectivity index (χ1v) is 8.33. The summed E-state index contributed by atoms with van der Waals surface area (Å²) < 4.78 is 5.98. The predicted molar refractivity (Wildman–Crippen MR) is 89.5 cm³/mol. The number of carbonyl (C=O) groups excluding carboxylic acids is 1. The lowest BCUT2D eigenvalue weighted by atomic mass is 9.98. The Bertz CT molecular complexity index is 482. The van der Waals surface area contributed by atoms with Crippen LogP contribution in [0.1, 0.15) is 51.5 Å². The second kappa shape index (κ2) is 8.30. The predicted octanol–water partition coefficient (Wildman–Crippen LogP) is 3.46. The van der Waals surface area contributed by atoms with Gasteiger partial charge in [0.25, 0.3) is 0 Å². The van der Waals surface area contributed by atoms with E-state index in [2.05, 4.69) is 5.32 Å². The van der Waals surface area contributed by atoms with Crippen molar-refractivity contribution >= 4 is 11.6 Å². The Balaban J connectivity index is 1.87. The van der Waals surface area contributed by atoms with Crippen molar-refractivity contribution in [2.75, 3.05) is 5.32 Å². The Hall–Kier alpha value is -1.39. The molecule has 4 nitrogen and oxygen atoms in total. The van der Waals surface area contributed by atoms with Gasteiger partial charge in [0.15, 0.2) is 0 Å². The van der Waals surface area contributed by atoms with Gasteiger partial charge in [0.1, 0.15) is 0 Å². The van der Waals surface area contributed by atoms with Crippen LogP contribution in [0, 0.1) is 5.92 Å². The lowest BCUT2D eigenvalue weighted by molar-refractivity contribution is -0.118. The number of nitrogens with two attached hydrogens (primary N) is 1. The van der Waals surface area contributed by atoms with Crippen LogP contribution in [0.2, 0.25) is 0 Å². The van der Waals surface area contributed by atoms with E-state index in [0.717, 1.165) is 11.3 Å². The Labute approximate surface area is 133 Å². The first-order chi connectivity index (χ1) is 10.6. The number of nitrogens with one attached hydrogen (secondary N) is 1. The number of anilines is 1. The van der Waals surface area contributed by atoms with Crippen LogP contribution in [0.3, 0.4) is 0 Å². The van der Waals surface area contributed by atoms with Crippen molar-refractivity contribution in [1.82, 2.24) is 0 Å². The summed E-state index contributed by atoms with van der Waals surface area (Å²) in [6.45, 7) is 4.49. The number of amides is 1. The van der Waals surface area contributed by atoms with Gasteiger partial charge in [-0.15, -0.1) is 0 Å². The molecule has 1 atom stereocenters. The van der Waals surface area contributed by atoms with Gasteiger partial charge in [-0.2, -0.15) is 0 Å². The third-order valence-electron chi connectivity index (χ3n) is 4.25. The van der Waals surface area contributed by atoms with Crippen molar-refractivity contribution in [1.29, 1.82) is 0 Å². The van der Waals surface area contributed by atoms with E-state index in [1.165, 1.54) is 32.1 Å². The molecule has 1 aliphatic rings. The first kappa shape index (κ1) is 17.0. The fraction of sp³-hybridized carbons (Fsp3) is 0.611. The molecule has 1 amide bonds. The molecule has 1 aliphatic carbocycles. The summed E-state index contributed by atoms with van der Waals surface area (Å²) >= 11 is 0. The SMILES string of the molecule is CC(C)[C@H](N)C(=O)Nc1cccc(COC2CCCCC2)c1. The van der Waals surface area contributed by atoms with Crippen LogP contribution in [-0.4, -0.2) is 18.1 Å². The van der Waals surface area contributed by atoms with Gasteiger partial charge in [0, 0.05) is 5.69 Å². The highest BCUT2D eigenvalue weighted by Crippen LogP contribution is 2.22. The van der Waals surface area contributed by atoms with Gasteiger partial charge < -0.3 is 15.8 Å². The van der Waals surface area contributed by atoms with Crippen LogP contribution in [0.4, 0.5) is 5.69 Å². The van der Waals surface area contributed by atoms with Gasteiger partial charge in [-0.3, -0.25) is 4.79 Å². The maximum absolute atomic E-state index is 12.0. The molecule has 0 bridgehead atoms. The lowest BCUT2D eigenvalue weighted by Crippen LogP contribution is -2.39. The minimum absolute atomic E-state index is 0.123. The summed E-state index contributed by atoms with van der Waals surface area (Å²) in [6.07, 6.45) is 6.60. The molecule has 0 heterocycles. The molecule has 1 aromatic carbocycles. The Morgan fingerprint density at radius 1 is 1.32 bits per heavy atom. The fourth-order valence-electron chi connectivity index (χ4n) is 2.71. The molecule has 0 saturated heterocycles. The molecule has 0 unspecified atom stereocenters. The Morgan fingerprint density at radius 3 is 2.73 bits per heavy atom. The monoisotopic (exact) mass is 304 g/mol. The second-order valence-electron chi connectivity index (χ2n) is 6.53. The first-order valence-electron chi connectivity index (χ1n) is 8.33. The number of benzene rings is 1. The summed E-state index contributed by atoms with van der Waals surface area (Å²) in [5.41, 5.74) is 7.73. The van der Waals surface area contributed by atoms with Crippen LogP contribution in [0.25, 0.3) is 0 Å². The van der Waals surface area contributed by atoms with Crippen molar-refractivity contribution in [2.24, 2.45) is 11.7 Å². The van der Waals surface area contributed by atoms with Gasteiger partial charge in [-0.25, -0.2) is 0 Å². The average Bonchev–Trinajstić information content (AvgIpc) is 2.53. The van der Waals surface area contributed by atoms with Crippen molar-refractivity contribution in [3.05, 3.63) is 29.8 Å². The quantitative estimate of drug-likeness (QED) is 0.846. The highest BCUT2D eigenvalue weighted by atomic mass is 16.5. The highest BCUT2D eigenvalue weighted by Gasteiger charge is 2.17. The molecule has 3 N–H and O–H groups in total. The maximum atomic E-state index is 12.0. The zero-order valence-corrected chi connectivity index (χ0v) is 13.7. The topological polar surface area (TPSA) is 64.4 Å². The summed E-state index contributed by atoms with van der Waals surface area (Å²) in [5.74, 6) is -0.0156. The number of ether oxygens (including phenoxy) is 1. The number of carbonyl (C=O) groups is 1. The van der Waals surface area contributed by atoms with Crippen LogP contribution in [0.15, 0.2) is 24.3 Å². The van der Waals surface area contributed by atoms with E-state index in [1.807, 2.05) is 38.1 Å². The van der Waals surface area contributed by atoms with Crippen molar-refractivity contribution in [3.8, 4) is 0 Å². The van der Waals surface area contributed by atoms with Gasteiger partial charge >= 0.3 is 0 Å². The molecule has 22 heavy (non-hydrogen) atoms. The Kier molecular flexibility index (Phi) is 6.40. The minimum atomic E-state index is -0.484. The number of hydrogen-bond acceptors (Lipinski definition) is 3. The normalized spacial score (nSPS) is 17.5. The fourth-order valence-corrected chi connectivity index (χ4v) is 2.71. The summed E-state index contributed by atoms with van der Waals surface area (Å²) in [5, 5.41) is 2.88.